The molecule has 7 nitrogen and oxygen atoms in total. The maximum absolute atomic E-state index is 12.9. The summed E-state index contributed by atoms with van der Waals surface area (Å²) >= 11 is 0.839. The van der Waals surface area contributed by atoms with Crippen LogP contribution in [0.1, 0.15) is 30.1 Å². The number of hydrogen-bond acceptors (Lipinski definition) is 5. The molecule has 3 aromatic rings. The van der Waals surface area contributed by atoms with Crippen LogP contribution in [-0.4, -0.2) is 28.4 Å². The normalized spacial score (nSPS) is 15.3. The number of rotatable bonds is 5. The van der Waals surface area contributed by atoms with Gasteiger partial charge < -0.3 is 0 Å². The number of nitrogens with zero attached hydrogens (tertiary/aromatic N) is 3. The van der Waals surface area contributed by atoms with E-state index in [1.165, 1.54) is 19.2 Å². The second-order valence-corrected chi connectivity index (χ2v) is 9.24. The number of H-pyrrole nitrogens is 1. The second-order valence-electron chi connectivity index (χ2n) is 6.24. The summed E-state index contributed by atoms with van der Waals surface area (Å²) < 4.78 is 66.8. The molecule has 0 bridgehead atoms. The van der Waals surface area contributed by atoms with Crippen LogP contribution in [0, 0.1) is 0 Å². The molecule has 3 heterocycles. The highest BCUT2D eigenvalue weighted by molar-refractivity contribution is 7.94. The first kappa shape index (κ1) is 18.0. The van der Waals surface area contributed by atoms with E-state index >= 15 is 0 Å². The van der Waals surface area contributed by atoms with Crippen molar-refractivity contribution in [3.8, 4) is 10.6 Å². The summed E-state index contributed by atoms with van der Waals surface area (Å²) in [6, 6.07) is 5.31. The molecule has 0 aromatic carbocycles. The van der Waals surface area contributed by atoms with Crippen LogP contribution in [0.3, 0.4) is 0 Å². The lowest BCUT2D eigenvalue weighted by Gasteiger charge is -2.04. The van der Waals surface area contributed by atoms with Crippen LogP contribution in [0.5, 0.6) is 0 Å². The Morgan fingerprint density at radius 3 is 2.67 bits per heavy atom. The van der Waals surface area contributed by atoms with E-state index in [0.717, 1.165) is 40.6 Å². The Balaban J connectivity index is 1.57. The van der Waals surface area contributed by atoms with Gasteiger partial charge in [-0.3, -0.25) is 14.5 Å². The molecule has 0 aliphatic heterocycles. The number of aromatic nitrogens is 4. The van der Waals surface area contributed by atoms with Crippen LogP contribution in [-0.2, 0) is 23.2 Å². The molecule has 0 spiro atoms. The molecule has 0 atom stereocenters. The van der Waals surface area contributed by atoms with E-state index in [9.17, 15) is 21.6 Å². The molecule has 1 fully saturated rings. The van der Waals surface area contributed by atoms with Crippen molar-refractivity contribution in [2.45, 2.75) is 29.1 Å². The molecule has 27 heavy (non-hydrogen) atoms. The van der Waals surface area contributed by atoms with Crippen molar-refractivity contribution in [1.29, 1.82) is 0 Å². The number of hydrogen-bond donors (Lipinski definition) is 2. The number of thiophene rings is 1. The first-order valence-corrected chi connectivity index (χ1v) is 10.2. The Kier molecular flexibility index (Phi) is 4.07. The quantitative estimate of drug-likeness (QED) is 0.664. The molecular formula is C15H14F3N5O2S2. The molecule has 1 saturated carbocycles. The van der Waals surface area contributed by atoms with E-state index in [2.05, 4.69) is 20.0 Å². The summed E-state index contributed by atoms with van der Waals surface area (Å²) in [7, 11) is -2.71. The first-order chi connectivity index (χ1) is 12.6. The fraction of sp³-hybridized carbons (Fsp3) is 0.333. The molecule has 3 aromatic heterocycles. The van der Waals surface area contributed by atoms with Gasteiger partial charge in [0.25, 0.3) is 10.0 Å². The highest BCUT2D eigenvalue weighted by Crippen LogP contribution is 2.40. The molecule has 4 rings (SSSR count). The molecule has 0 radical (unpaired) electrons. The zero-order valence-corrected chi connectivity index (χ0v) is 15.5. The van der Waals surface area contributed by atoms with Gasteiger partial charge in [-0.1, -0.05) is 0 Å². The summed E-state index contributed by atoms with van der Waals surface area (Å²) in [6.45, 7) is 0. The fourth-order valence-electron chi connectivity index (χ4n) is 2.64. The zero-order valence-electron chi connectivity index (χ0n) is 13.9. The van der Waals surface area contributed by atoms with Crippen molar-refractivity contribution in [2.75, 3.05) is 4.72 Å². The number of nitrogens with one attached hydrogen (secondary N) is 2. The topological polar surface area (TPSA) is 92.7 Å². The second kappa shape index (κ2) is 6.09. The summed E-state index contributed by atoms with van der Waals surface area (Å²) in [6.07, 6.45) is -2.44. The van der Waals surface area contributed by atoms with E-state index in [-0.39, 0.29) is 15.7 Å². The largest absolute Gasteiger partial charge is 0.433 e. The lowest BCUT2D eigenvalue weighted by molar-refractivity contribution is -0.143. The van der Waals surface area contributed by atoms with Gasteiger partial charge in [-0.25, -0.2) is 8.42 Å². The number of sulfonamides is 1. The average molecular weight is 417 g/mol. The SMILES string of the molecule is Cn1nc(-c2ccc(S(=O)(=O)Nc3cc(C4CC4)[nH]n3)s2)cc1C(F)(F)F. The Hall–Kier alpha value is -2.34. The molecular weight excluding hydrogens is 403 g/mol. The molecule has 0 amide bonds. The van der Waals surface area contributed by atoms with Crippen molar-refractivity contribution in [3.63, 3.8) is 0 Å². The van der Waals surface area contributed by atoms with Gasteiger partial charge in [0.15, 0.2) is 5.82 Å². The molecule has 0 saturated heterocycles. The van der Waals surface area contributed by atoms with Crippen molar-refractivity contribution in [3.05, 3.63) is 35.7 Å². The van der Waals surface area contributed by atoms with Gasteiger partial charge in [-0.05, 0) is 31.0 Å². The average Bonchev–Trinajstić information content (AvgIpc) is 2.98. The molecule has 12 heteroatoms. The summed E-state index contributed by atoms with van der Waals surface area (Å²) in [5, 5.41) is 10.6. The summed E-state index contributed by atoms with van der Waals surface area (Å²) in [4.78, 5) is 0.321. The Bertz CT molecular complexity index is 1090. The van der Waals surface area contributed by atoms with Crippen LogP contribution in [0.15, 0.2) is 28.5 Å². The highest BCUT2D eigenvalue weighted by Gasteiger charge is 2.35. The monoisotopic (exact) mass is 417 g/mol. The molecule has 1 aliphatic carbocycles. The minimum absolute atomic E-state index is 0.0346. The number of aryl methyl sites for hydroxylation is 1. The number of anilines is 1. The zero-order chi connectivity index (χ0) is 19.4. The van der Waals surface area contributed by atoms with Gasteiger partial charge in [-0.15, -0.1) is 11.3 Å². The van der Waals surface area contributed by atoms with Crippen LogP contribution >= 0.6 is 11.3 Å². The van der Waals surface area contributed by atoms with Crippen LogP contribution in [0.4, 0.5) is 19.0 Å². The Morgan fingerprint density at radius 2 is 2.04 bits per heavy atom. The van der Waals surface area contributed by atoms with E-state index in [1.807, 2.05) is 0 Å². The molecule has 144 valence electrons. The Labute approximate surface area is 156 Å². The van der Waals surface area contributed by atoms with Crippen LogP contribution in [0.2, 0.25) is 0 Å². The number of halogens is 3. The maximum Gasteiger partial charge on any atom is 0.433 e. The van der Waals surface area contributed by atoms with Crippen molar-refractivity contribution in [1.82, 2.24) is 20.0 Å². The van der Waals surface area contributed by atoms with Gasteiger partial charge in [0.1, 0.15) is 15.6 Å². The Morgan fingerprint density at radius 1 is 1.30 bits per heavy atom. The highest BCUT2D eigenvalue weighted by atomic mass is 32.2. The molecule has 2 N–H and O–H groups in total. The van der Waals surface area contributed by atoms with Crippen LogP contribution in [0.25, 0.3) is 10.6 Å². The third kappa shape index (κ3) is 3.58. The van der Waals surface area contributed by atoms with Gasteiger partial charge in [-0.2, -0.15) is 23.4 Å². The fourth-order valence-corrected chi connectivity index (χ4v) is 4.89. The number of alkyl halides is 3. The standard InChI is InChI=1S/C15H14F3N5O2S2/c1-23-12(15(16,17)18)6-10(21-23)11-4-5-14(26-11)27(24,25)22-13-7-9(19-20-13)8-2-3-8/h4-8H,2-3H2,1H3,(H2,19,20,22). The van der Waals surface area contributed by atoms with Crippen molar-refractivity contribution in [2.24, 2.45) is 7.05 Å². The third-order valence-electron chi connectivity index (χ3n) is 4.12. The first-order valence-electron chi connectivity index (χ1n) is 7.93. The minimum atomic E-state index is -4.53. The van der Waals surface area contributed by atoms with Gasteiger partial charge in [0.05, 0.1) is 4.88 Å². The van der Waals surface area contributed by atoms with Gasteiger partial charge in [0, 0.05) is 24.7 Å². The predicted octanol–water partition coefficient (Wildman–Crippen LogP) is 3.57. The van der Waals surface area contributed by atoms with Gasteiger partial charge in [0.2, 0.25) is 0 Å². The van der Waals surface area contributed by atoms with E-state index in [1.54, 1.807) is 6.07 Å². The lowest BCUT2D eigenvalue weighted by Crippen LogP contribution is -2.11. The minimum Gasteiger partial charge on any atom is -0.280 e. The third-order valence-corrected chi connectivity index (χ3v) is 7.08. The van der Waals surface area contributed by atoms with Crippen molar-refractivity contribution < 1.29 is 21.6 Å². The van der Waals surface area contributed by atoms with E-state index in [4.69, 9.17) is 0 Å². The number of aromatic amines is 1. The maximum atomic E-state index is 12.9. The summed E-state index contributed by atoms with van der Waals surface area (Å²) in [5.41, 5.74) is 0.0392. The lowest BCUT2D eigenvalue weighted by atomic mass is 10.3. The summed E-state index contributed by atoms with van der Waals surface area (Å²) in [5.74, 6) is 0.583. The van der Waals surface area contributed by atoms with Crippen LogP contribution < -0.4 is 4.72 Å². The van der Waals surface area contributed by atoms with E-state index in [0.29, 0.717) is 10.8 Å². The molecule has 1 aliphatic rings. The van der Waals surface area contributed by atoms with Crippen molar-refractivity contribution >= 4 is 27.2 Å². The molecule has 0 unspecified atom stereocenters. The predicted molar refractivity (Wildman–Crippen MR) is 92.9 cm³/mol. The smallest absolute Gasteiger partial charge is 0.280 e. The van der Waals surface area contributed by atoms with Gasteiger partial charge >= 0.3 is 6.18 Å². The van der Waals surface area contributed by atoms with E-state index < -0.39 is 21.9 Å².